The van der Waals surface area contributed by atoms with Crippen molar-refractivity contribution in [1.82, 2.24) is 0 Å². The van der Waals surface area contributed by atoms with Crippen molar-refractivity contribution in [3.8, 4) is 5.75 Å². The Kier molecular flexibility index (Phi) is 4.08. The highest BCUT2D eigenvalue weighted by atomic mass is 16.5. The Balaban J connectivity index is 2.05. The molecule has 0 aliphatic heterocycles. The zero-order valence-corrected chi connectivity index (χ0v) is 10.2. The molecule has 1 aromatic rings. The van der Waals surface area contributed by atoms with Crippen LogP contribution < -0.4 is 10.2 Å². The van der Waals surface area contributed by atoms with Crippen LogP contribution in [0, 0.1) is 6.92 Å². The van der Waals surface area contributed by atoms with Gasteiger partial charge in [-0.25, -0.2) is 0 Å². The van der Waals surface area contributed by atoms with E-state index in [1.54, 1.807) is 12.1 Å². The van der Waals surface area contributed by atoms with E-state index in [0.717, 1.165) is 24.2 Å². The second-order valence-electron chi connectivity index (χ2n) is 4.78. The minimum Gasteiger partial charge on any atom is -0.490 e. The van der Waals surface area contributed by atoms with Crippen LogP contribution in [0.15, 0.2) is 18.2 Å². The Morgan fingerprint density at radius 1 is 1.18 bits per heavy atom. The third-order valence-electron chi connectivity index (χ3n) is 3.34. The van der Waals surface area contributed by atoms with Crippen LogP contribution >= 0.6 is 0 Å². The van der Waals surface area contributed by atoms with Gasteiger partial charge in [-0.2, -0.15) is 0 Å². The van der Waals surface area contributed by atoms with E-state index in [9.17, 15) is 0 Å². The van der Waals surface area contributed by atoms with Gasteiger partial charge in [-0.3, -0.25) is 0 Å². The predicted octanol–water partition coefficient (Wildman–Crippen LogP) is 1.39. The number of rotatable bonds is 3. The molecule has 0 aromatic heterocycles. The van der Waals surface area contributed by atoms with E-state index in [-0.39, 0.29) is 0 Å². The quantitative estimate of drug-likeness (QED) is 0.777. The lowest BCUT2D eigenvalue weighted by Gasteiger charge is -2.24. The Labute approximate surface area is 103 Å². The van der Waals surface area contributed by atoms with Crippen molar-refractivity contribution < 1.29 is 14.8 Å². The molecular weight excluding hydrogens is 215 g/mol. The van der Waals surface area contributed by atoms with Gasteiger partial charge in [-0.15, -0.1) is 0 Å². The summed E-state index contributed by atoms with van der Waals surface area (Å²) in [5.41, 5.74) is 1.47. The van der Waals surface area contributed by atoms with Crippen LogP contribution in [0.2, 0.25) is 0 Å². The van der Waals surface area contributed by atoms with Crippen LogP contribution in [0.4, 0.5) is 0 Å². The van der Waals surface area contributed by atoms with Crippen LogP contribution in [-0.2, 0) is 0 Å². The van der Waals surface area contributed by atoms with Gasteiger partial charge in [0.05, 0.1) is 6.10 Å². The third-order valence-corrected chi connectivity index (χ3v) is 3.34. The fraction of sp³-hybridized carbons (Fsp3) is 0.538. The number of aryl methyl sites for hydroxylation is 1. The molecule has 0 bridgehead atoms. The lowest BCUT2D eigenvalue weighted by molar-refractivity contribution is 0.154. The highest BCUT2D eigenvalue weighted by Gasteiger charge is 2.17. The van der Waals surface area contributed by atoms with E-state index in [1.165, 1.54) is 19.3 Å². The first-order valence-electron chi connectivity index (χ1n) is 6.30. The van der Waals surface area contributed by atoms with Gasteiger partial charge in [-0.1, -0.05) is 18.6 Å². The molecule has 0 amide bonds. The first-order valence-corrected chi connectivity index (χ1v) is 6.30. The van der Waals surface area contributed by atoms with Crippen LogP contribution in [0.25, 0.3) is 0 Å². The molecule has 0 atom stereocenters. The Hall–Kier alpha value is -0.995. The molecule has 1 aromatic carbocycles. The minimum atomic E-state index is -1.41. The lowest BCUT2D eigenvalue weighted by Crippen LogP contribution is -2.30. The number of ether oxygens (including phenoxy) is 1. The molecule has 2 N–H and O–H groups in total. The minimum absolute atomic E-state index is 0.326. The zero-order chi connectivity index (χ0) is 12.3. The molecule has 2 rings (SSSR count). The molecule has 17 heavy (non-hydrogen) atoms. The predicted molar refractivity (Wildman–Crippen MR) is 68.5 cm³/mol. The average molecular weight is 234 g/mol. The summed E-state index contributed by atoms with van der Waals surface area (Å²) in [5, 5.41) is 18.2. The molecule has 1 aliphatic carbocycles. The van der Waals surface area contributed by atoms with Gasteiger partial charge in [0.15, 0.2) is 0 Å². The summed E-state index contributed by atoms with van der Waals surface area (Å²) in [4.78, 5) is 0. The molecule has 1 saturated carbocycles. The summed E-state index contributed by atoms with van der Waals surface area (Å²) in [6, 6.07) is 5.30. The Morgan fingerprint density at radius 2 is 1.88 bits per heavy atom. The topological polar surface area (TPSA) is 49.7 Å². The van der Waals surface area contributed by atoms with Crippen LogP contribution in [0.1, 0.15) is 37.7 Å². The van der Waals surface area contributed by atoms with Crippen molar-refractivity contribution in [3.05, 3.63) is 23.8 Å². The maximum absolute atomic E-state index is 9.08. The van der Waals surface area contributed by atoms with Gasteiger partial charge in [-0.05, 0) is 49.7 Å². The Bertz CT molecular complexity index is 373. The summed E-state index contributed by atoms with van der Waals surface area (Å²) >= 11 is 0. The van der Waals surface area contributed by atoms with Gasteiger partial charge in [0, 0.05) is 0 Å². The highest BCUT2D eigenvalue weighted by Crippen LogP contribution is 2.25. The largest absolute Gasteiger partial charge is 0.490 e. The fourth-order valence-electron chi connectivity index (χ4n) is 2.33. The van der Waals surface area contributed by atoms with Crippen molar-refractivity contribution >= 4 is 12.6 Å². The number of hydrogen-bond donors (Lipinski definition) is 2. The Morgan fingerprint density at radius 3 is 2.47 bits per heavy atom. The van der Waals surface area contributed by atoms with Crippen molar-refractivity contribution in [2.24, 2.45) is 0 Å². The van der Waals surface area contributed by atoms with Crippen molar-refractivity contribution in [2.75, 3.05) is 0 Å². The van der Waals surface area contributed by atoms with Gasteiger partial charge in [0.1, 0.15) is 5.75 Å². The van der Waals surface area contributed by atoms with E-state index in [4.69, 9.17) is 14.8 Å². The van der Waals surface area contributed by atoms with Gasteiger partial charge in [0.25, 0.3) is 0 Å². The van der Waals surface area contributed by atoms with Crippen molar-refractivity contribution in [3.63, 3.8) is 0 Å². The van der Waals surface area contributed by atoms with Crippen molar-refractivity contribution in [1.29, 1.82) is 0 Å². The summed E-state index contributed by atoms with van der Waals surface area (Å²) in [7, 11) is -1.41. The first kappa shape index (κ1) is 12.5. The second-order valence-corrected chi connectivity index (χ2v) is 4.78. The summed E-state index contributed by atoms with van der Waals surface area (Å²) in [6.45, 7) is 1.93. The van der Waals surface area contributed by atoms with Crippen LogP contribution in [0.5, 0.6) is 5.75 Å². The fourth-order valence-corrected chi connectivity index (χ4v) is 2.33. The molecule has 0 saturated heterocycles. The van der Waals surface area contributed by atoms with E-state index in [2.05, 4.69) is 0 Å². The molecule has 92 valence electrons. The molecule has 0 unspecified atom stereocenters. The SMILES string of the molecule is Cc1cc(B(O)O)ccc1OC1CCCCC1. The number of benzene rings is 1. The molecule has 0 spiro atoms. The standard InChI is InChI=1S/C13H19BO3/c1-10-9-11(14(15)16)7-8-13(10)17-12-5-3-2-4-6-12/h7-9,12,15-16H,2-6H2,1H3. The average Bonchev–Trinajstić information content (AvgIpc) is 2.33. The second kappa shape index (κ2) is 5.56. The highest BCUT2D eigenvalue weighted by molar-refractivity contribution is 6.58. The molecule has 1 aliphatic rings. The molecule has 1 fully saturated rings. The van der Waals surface area contributed by atoms with Crippen LogP contribution in [0.3, 0.4) is 0 Å². The van der Waals surface area contributed by atoms with Gasteiger partial charge in [0.2, 0.25) is 0 Å². The smallest absolute Gasteiger partial charge is 0.488 e. The monoisotopic (exact) mass is 234 g/mol. The van der Waals surface area contributed by atoms with Crippen LogP contribution in [-0.4, -0.2) is 23.3 Å². The summed E-state index contributed by atoms with van der Waals surface area (Å²) in [6.07, 6.45) is 6.39. The van der Waals surface area contributed by atoms with E-state index in [1.807, 2.05) is 13.0 Å². The van der Waals surface area contributed by atoms with E-state index >= 15 is 0 Å². The summed E-state index contributed by atoms with van der Waals surface area (Å²) < 4.78 is 5.96. The van der Waals surface area contributed by atoms with Crippen molar-refractivity contribution in [2.45, 2.75) is 45.1 Å². The molecule has 0 radical (unpaired) electrons. The molecule has 3 nitrogen and oxygen atoms in total. The molecule has 0 heterocycles. The zero-order valence-electron chi connectivity index (χ0n) is 10.2. The molecular formula is C13H19BO3. The van der Waals surface area contributed by atoms with Gasteiger partial charge < -0.3 is 14.8 Å². The van der Waals surface area contributed by atoms with E-state index in [0.29, 0.717) is 11.6 Å². The maximum Gasteiger partial charge on any atom is 0.488 e. The summed E-state index contributed by atoms with van der Waals surface area (Å²) in [5.74, 6) is 0.862. The van der Waals surface area contributed by atoms with E-state index < -0.39 is 7.12 Å². The first-order chi connectivity index (χ1) is 8.16. The normalized spacial score (nSPS) is 16.9. The maximum atomic E-state index is 9.08. The number of hydrogen-bond acceptors (Lipinski definition) is 3. The molecule has 4 heteroatoms. The van der Waals surface area contributed by atoms with Gasteiger partial charge >= 0.3 is 7.12 Å². The third kappa shape index (κ3) is 3.24. The lowest BCUT2D eigenvalue weighted by atomic mass is 9.79.